The van der Waals surface area contributed by atoms with Crippen molar-refractivity contribution < 1.29 is 23.8 Å². The standard InChI is InChI=1S/C12H10O5/c13-11-5-7(12(14)17-11)10-6-15-8-3-1-2-4-9(8)16-10/h1-4,7,10H,5-6H2. The van der Waals surface area contributed by atoms with Gasteiger partial charge in [-0.25, -0.2) is 0 Å². The van der Waals surface area contributed by atoms with E-state index in [1.54, 1.807) is 12.1 Å². The minimum atomic E-state index is -0.559. The fraction of sp³-hybridized carbons (Fsp3) is 0.333. The van der Waals surface area contributed by atoms with Gasteiger partial charge < -0.3 is 14.2 Å². The van der Waals surface area contributed by atoms with Gasteiger partial charge >= 0.3 is 11.9 Å². The van der Waals surface area contributed by atoms with Crippen LogP contribution in [0.15, 0.2) is 24.3 Å². The predicted molar refractivity (Wildman–Crippen MR) is 55.6 cm³/mol. The molecule has 88 valence electrons. The van der Waals surface area contributed by atoms with Crippen LogP contribution >= 0.6 is 0 Å². The molecular weight excluding hydrogens is 224 g/mol. The SMILES string of the molecule is O=C1CC(C2COc3ccccc3O2)C(=O)O1. The van der Waals surface area contributed by atoms with E-state index in [9.17, 15) is 9.59 Å². The summed E-state index contributed by atoms with van der Waals surface area (Å²) in [6.07, 6.45) is -0.390. The number of esters is 2. The Balaban J connectivity index is 1.80. The maximum Gasteiger partial charge on any atom is 0.321 e. The number of rotatable bonds is 1. The number of carbonyl (C=O) groups is 2. The second kappa shape index (κ2) is 3.76. The lowest BCUT2D eigenvalue weighted by Gasteiger charge is -2.28. The highest BCUT2D eigenvalue weighted by molar-refractivity contribution is 5.95. The quantitative estimate of drug-likeness (QED) is 0.534. The van der Waals surface area contributed by atoms with Gasteiger partial charge in [-0.3, -0.25) is 9.59 Å². The number of ether oxygens (including phenoxy) is 3. The number of hydrogen-bond donors (Lipinski definition) is 0. The molecule has 1 fully saturated rings. The average molecular weight is 234 g/mol. The molecule has 5 nitrogen and oxygen atoms in total. The fourth-order valence-electron chi connectivity index (χ4n) is 2.01. The summed E-state index contributed by atoms with van der Waals surface area (Å²) < 4.78 is 15.6. The molecule has 2 unspecified atom stereocenters. The van der Waals surface area contributed by atoms with E-state index < -0.39 is 24.0 Å². The Morgan fingerprint density at radius 3 is 2.59 bits per heavy atom. The van der Waals surface area contributed by atoms with Crippen LogP contribution in [0.1, 0.15) is 6.42 Å². The Labute approximate surface area is 97.3 Å². The van der Waals surface area contributed by atoms with E-state index in [1.165, 1.54) is 0 Å². The molecule has 0 aliphatic carbocycles. The first-order valence-corrected chi connectivity index (χ1v) is 5.37. The molecule has 0 spiro atoms. The third kappa shape index (κ3) is 1.73. The Morgan fingerprint density at radius 2 is 1.88 bits per heavy atom. The van der Waals surface area contributed by atoms with Gasteiger partial charge in [0.15, 0.2) is 11.5 Å². The van der Waals surface area contributed by atoms with Crippen LogP contribution in [0, 0.1) is 5.92 Å². The Bertz CT molecular complexity index is 482. The number of benzene rings is 1. The summed E-state index contributed by atoms with van der Waals surface area (Å²) in [5, 5.41) is 0. The molecule has 0 aromatic heterocycles. The van der Waals surface area contributed by atoms with Crippen molar-refractivity contribution in [3.8, 4) is 11.5 Å². The third-order valence-corrected chi connectivity index (χ3v) is 2.88. The molecule has 5 heteroatoms. The highest BCUT2D eigenvalue weighted by Crippen LogP contribution is 2.34. The van der Waals surface area contributed by atoms with Crippen molar-refractivity contribution in [1.29, 1.82) is 0 Å². The number of para-hydroxylation sites is 2. The second-order valence-corrected chi connectivity index (χ2v) is 4.02. The summed E-state index contributed by atoms with van der Waals surface area (Å²) in [7, 11) is 0. The summed E-state index contributed by atoms with van der Waals surface area (Å²) in [5.41, 5.74) is 0. The molecule has 0 saturated carbocycles. The maximum atomic E-state index is 11.4. The number of hydrogen-bond acceptors (Lipinski definition) is 5. The molecule has 2 atom stereocenters. The molecule has 1 aromatic rings. The maximum absolute atomic E-state index is 11.4. The minimum Gasteiger partial charge on any atom is -0.486 e. The van der Waals surface area contributed by atoms with Gasteiger partial charge in [0.2, 0.25) is 0 Å². The van der Waals surface area contributed by atoms with E-state index in [1.807, 2.05) is 12.1 Å². The molecule has 3 rings (SSSR count). The highest BCUT2D eigenvalue weighted by Gasteiger charge is 2.42. The van der Waals surface area contributed by atoms with Gasteiger partial charge in [-0.1, -0.05) is 12.1 Å². The zero-order chi connectivity index (χ0) is 11.8. The molecule has 0 radical (unpaired) electrons. The topological polar surface area (TPSA) is 61.8 Å². The number of cyclic esters (lactones) is 2. The Morgan fingerprint density at radius 1 is 1.12 bits per heavy atom. The minimum absolute atomic E-state index is 0.0645. The van der Waals surface area contributed by atoms with Crippen molar-refractivity contribution in [1.82, 2.24) is 0 Å². The normalized spacial score (nSPS) is 26.8. The van der Waals surface area contributed by atoms with E-state index in [2.05, 4.69) is 4.74 Å². The lowest BCUT2D eigenvalue weighted by Crippen LogP contribution is -2.38. The van der Waals surface area contributed by atoms with Crippen molar-refractivity contribution >= 4 is 11.9 Å². The van der Waals surface area contributed by atoms with E-state index >= 15 is 0 Å². The highest BCUT2D eigenvalue weighted by atomic mass is 16.6. The average Bonchev–Trinajstić information content (AvgIpc) is 2.68. The third-order valence-electron chi connectivity index (χ3n) is 2.88. The van der Waals surface area contributed by atoms with Crippen LogP contribution in [0.4, 0.5) is 0 Å². The van der Waals surface area contributed by atoms with Gasteiger partial charge in [-0.15, -0.1) is 0 Å². The zero-order valence-electron chi connectivity index (χ0n) is 8.92. The first kappa shape index (κ1) is 10.1. The van der Waals surface area contributed by atoms with E-state index in [0.717, 1.165) is 0 Å². The van der Waals surface area contributed by atoms with Crippen LogP contribution in [0.25, 0.3) is 0 Å². The molecule has 1 saturated heterocycles. The zero-order valence-corrected chi connectivity index (χ0v) is 8.92. The molecule has 0 amide bonds. The summed E-state index contributed by atoms with van der Waals surface area (Å²) in [5.74, 6) is -0.335. The van der Waals surface area contributed by atoms with Crippen LogP contribution in [0.3, 0.4) is 0 Å². The lowest BCUT2D eigenvalue weighted by molar-refractivity contribution is -0.154. The number of carbonyl (C=O) groups excluding carboxylic acids is 2. The monoisotopic (exact) mass is 234 g/mol. The van der Waals surface area contributed by atoms with E-state index in [0.29, 0.717) is 11.5 Å². The molecule has 0 bridgehead atoms. The first-order chi connectivity index (χ1) is 8.24. The van der Waals surface area contributed by atoms with E-state index in [4.69, 9.17) is 9.47 Å². The summed E-state index contributed by atoms with van der Waals surface area (Å²) in [6, 6.07) is 7.23. The largest absolute Gasteiger partial charge is 0.486 e. The Hall–Kier alpha value is -2.04. The van der Waals surface area contributed by atoms with Crippen LogP contribution in [-0.2, 0) is 14.3 Å². The van der Waals surface area contributed by atoms with Crippen LogP contribution in [0.2, 0.25) is 0 Å². The second-order valence-electron chi connectivity index (χ2n) is 4.02. The molecule has 17 heavy (non-hydrogen) atoms. The van der Waals surface area contributed by atoms with Crippen molar-refractivity contribution in [3.63, 3.8) is 0 Å². The molecule has 1 aromatic carbocycles. The molecule has 2 heterocycles. The molecule has 2 aliphatic heterocycles. The predicted octanol–water partition coefficient (Wildman–Crippen LogP) is 0.916. The van der Waals surface area contributed by atoms with Gasteiger partial charge in [-0.2, -0.15) is 0 Å². The van der Waals surface area contributed by atoms with Gasteiger partial charge in [0, 0.05) is 0 Å². The number of fused-ring (bicyclic) bond motifs is 1. The van der Waals surface area contributed by atoms with Crippen molar-refractivity contribution in [2.75, 3.05) is 6.61 Å². The van der Waals surface area contributed by atoms with Gasteiger partial charge in [-0.05, 0) is 12.1 Å². The summed E-state index contributed by atoms with van der Waals surface area (Å²) >= 11 is 0. The molecular formula is C12H10O5. The van der Waals surface area contributed by atoms with Crippen LogP contribution in [-0.4, -0.2) is 24.6 Å². The van der Waals surface area contributed by atoms with Crippen molar-refractivity contribution in [2.45, 2.75) is 12.5 Å². The van der Waals surface area contributed by atoms with Gasteiger partial charge in [0.1, 0.15) is 18.6 Å². The van der Waals surface area contributed by atoms with Crippen molar-refractivity contribution in [3.05, 3.63) is 24.3 Å². The smallest absolute Gasteiger partial charge is 0.321 e. The lowest BCUT2D eigenvalue weighted by atomic mass is 10.0. The Kier molecular flexibility index (Phi) is 2.24. The molecule has 0 N–H and O–H groups in total. The fourth-order valence-corrected chi connectivity index (χ4v) is 2.01. The summed E-state index contributed by atoms with van der Waals surface area (Å²) in [6.45, 7) is 0.254. The molecule has 2 aliphatic rings. The van der Waals surface area contributed by atoms with Gasteiger partial charge in [0.05, 0.1) is 6.42 Å². The first-order valence-electron chi connectivity index (χ1n) is 5.37. The van der Waals surface area contributed by atoms with Crippen LogP contribution in [0.5, 0.6) is 11.5 Å². The van der Waals surface area contributed by atoms with Crippen LogP contribution < -0.4 is 9.47 Å². The van der Waals surface area contributed by atoms with E-state index in [-0.39, 0.29) is 13.0 Å². The summed E-state index contributed by atoms with van der Waals surface area (Å²) in [4.78, 5) is 22.4. The van der Waals surface area contributed by atoms with Gasteiger partial charge in [0.25, 0.3) is 0 Å². The van der Waals surface area contributed by atoms with Crippen molar-refractivity contribution in [2.24, 2.45) is 5.92 Å².